The summed E-state index contributed by atoms with van der Waals surface area (Å²) in [6.45, 7) is 3.09. The molecule has 0 bridgehead atoms. The van der Waals surface area contributed by atoms with Gasteiger partial charge in [-0.15, -0.1) is 0 Å². The number of amides is 1. The fraction of sp³-hybridized carbons (Fsp3) is 0.350. The molecule has 0 saturated carbocycles. The zero-order valence-corrected chi connectivity index (χ0v) is 19.2. The number of carbonyl (C=O) groups excluding carboxylic acids is 1. The number of halogens is 1. The van der Waals surface area contributed by atoms with Crippen molar-refractivity contribution in [2.24, 2.45) is 0 Å². The van der Waals surface area contributed by atoms with Crippen molar-refractivity contribution in [2.45, 2.75) is 29.7 Å². The van der Waals surface area contributed by atoms with Gasteiger partial charge >= 0.3 is 0 Å². The summed E-state index contributed by atoms with van der Waals surface area (Å²) < 4.78 is 67.8. The standard InChI is InChI=1S/C20H24FN3O6S2/c1-14-7-8-17(25)19(13-14)32(29,30)24-11-9-23(10-12-24)20(26)15(2)22-31(27,28)18-6-4-3-5-16(18)21/h3-8,13,15,22,25H,9-12H2,1-2H3/t15-/m0/s1. The van der Waals surface area contributed by atoms with Crippen molar-refractivity contribution in [3.8, 4) is 5.75 Å². The van der Waals surface area contributed by atoms with E-state index in [-0.39, 0.29) is 36.8 Å². The number of benzene rings is 2. The van der Waals surface area contributed by atoms with Crippen LogP contribution in [-0.2, 0) is 24.8 Å². The molecule has 1 fully saturated rings. The van der Waals surface area contributed by atoms with Gasteiger partial charge in [0.05, 0.1) is 6.04 Å². The zero-order chi connectivity index (χ0) is 23.7. The first-order chi connectivity index (χ1) is 14.9. The average molecular weight is 486 g/mol. The predicted octanol–water partition coefficient (Wildman–Crippen LogP) is 1.04. The number of sulfonamides is 2. The summed E-state index contributed by atoms with van der Waals surface area (Å²) in [5.41, 5.74) is 0.672. The Kier molecular flexibility index (Phi) is 6.89. The Labute approximate surface area is 186 Å². The first kappa shape index (κ1) is 24.1. The zero-order valence-electron chi connectivity index (χ0n) is 17.5. The molecule has 0 spiro atoms. The molecule has 174 valence electrons. The molecule has 12 heteroatoms. The summed E-state index contributed by atoms with van der Waals surface area (Å²) in [6.07, 6.45) is 0. The summed E-state index contributed by atoms with van der Waals surface area (Å²) in [5.74, 6) is -1.84. The van der Waals surface area contributed by atoms with E-state index >= 15 is 0 Å². The van der Waals surface area contributed by atoms with Gasteiger partial charge in [-0.25, -0.2) is 21.2 Å². The molecule has 2 aromatic carbocycles. The number of nitrogens with one attached hydrogen (secondary N) is 1. The van der Waals surface area contributed by atoms with Crippen molar-refractivity contribution in [2.75, 3.05) is 26.2 Å². The number of phenols is 1. The summed E-state index contributed by atoms with van der Waals surface area (Å²) in [7, 11) is -8.22. The Hall–Kier alpha value is -2.54. The first-order valence-electron chi connectivity index (χ1n) is 9.79. The average Bonchev–Trinajstić information content (AvgIpc) is 2.74. The van der Waals surface area contributed by atoms with Gasteiger partial charge in [0.1, 0.15) is 21.4 Å². The van der Waals surface area contributed by atoms with Crippen molar-refractivity contribution in [3.05, 3.63) is 53.8 Å². The Morgan fingerprint density at radius 3 is 2.28 bits per heavy atom. The maximum Gasteiger partial charge on any atom is 0.246 e. The molecule has 1 aliphatic heterocycles. The van der Waals surface area contributed by atoms with E-state index in [2.05, 4.69) is 4.72 Å². The number of aryl methyl sites for hydroxylation is 1. The number of rotatable bonds is 6. The summed E-state index contributed by atoms with van der Waals surface area (Å²) >= 11 is 0. The van der Waals surface area contributed by atoms with Crippen molar-refractivity contribution in [1.82, 2.24) is 13.9 Å². The van der Waals surface area contributed by atoms with Crippen LogP contribution in [0.2, 0.25) is 0 Å². The Morgan fingerprint density at radius 2 is 1.66 bits per heavy atom. The number of carbonyl (C=O) groups is 1. The van der Waals surface area contributed by atoms with E-state index in [9.17, 15) is 31.1 Å². The highest BCUT2D eigenvalue weighted by atomic mass is 32.2. The molecule has 2 aromatic rings. The van der Waals surface area contributed by atoms with Crippen LogP contribution >= 0.6 is 0 Å². The smallest absolute Gasteiger partial charge is 0.246 e. The molecule has 1 heterocycles. The molecule has 0 unspecified atom stereocenters. The third-order valence-corrected chi connectivity index (χ3v) is 8.61. The van der Waals surface area contributed by atoms with Crippen LogP contribution < -0.4 is 4.72 Å². The third kappa shape index (κ3) is 4.93. The van der Waals surface area contributed by atoms with Crippen molar-refractivity contribution in [3.63, 3.8) is 0 Å². The summed E-state index contributed by atoms with van der Waals surface area (Å²) in [6, 6.07) is 7.93. The molecule has 9 nitrogen and oxygen atoms in total. The molecular formula is C20H24FN3O6S2. The molecule has 1 aliphatic rings. The molecule has 1 saturated heterocycles. The van der Waals surface area contributed by atoms with Gasteiger partial charge in [0, 0.05) is 26.2 Å². The van der Waals surface area contributed by atoms with Gasteiger partial charge in [0.25, 0.3) is 0 Å². The lowest BCUT2D eigenvalue weighted by molar-refractivity contribution is -0.133. The second-order valence-corrected chi connectivity index (χ2v) is 11.1. The van der Waals surface area contributed by atoms with Crippen molar-refractivity contribution >= 4 is 26.0 Å². The van der Waals surface area contributed by atoms with Crippen LogP contribution in [0.1, 0.15) is 12.5 Å². The lowest BCUT2D eigenvalue weighted by atomic mass is 10.2. The van der Waals surface area contributed by atoms with Gasteiger partial charge < -0.3 is 10.0 Å². The SMILES string of the molecule is Cc1ccc(O)c(S(=O)(=O)N2CCN(C(=O)[C@H](C)NS(=O)(=O)c3ccccc3F)CC2)c1. The highest BCUT2D eigenvalue weighted by Gasteiger charge is 2.34. The molecule has 0 radical (unpaired) electrons. The minimum absolute atomic E-state index is 0.0196. The minimum atomic E-state index is -4.26. The highest BCUT2D eigenvalue weighted by Crippen LogP contribution is 2.27. The molecule has 1 amide bonds. The predicted molar refractivity (Wildman–Crippen MR) is 114 cm³/mol. The van der Waals surface area contributed by atoms with Gasteiger partial charge in [0.2, 0.25) is 26.0 Å². The van der Waals surface area contributed by atoms with E-state index < -0.39 is 42.7 Å². The molecule has 2 N–H and O–H groups in total. The second-order valence-electron chi connectivity index (χ2n) is 7.47. The Bertz CT molecular complexity index is 1230. The van der Waals surface area contributed by atoms with E-state index in [0.717, 1.165) is 12.1 Å². The quantitative estimate of drug-likeness (QED) is 0.630. The third-order valence-electron chi connectivity index (χ3n) is 5.11. The van der Waals surface area contributed by atoms with Crippen molar-refractivity contribution in [1.29, 1.82) is 0 Å². The van der Waals surface area contributed by atoms with E-state index in [1.165, 1.54) is 40.4 Å². The molecule has 0 aliphatic carbocycles. The number of piperazine rings is 1. The van der Waals surface area contributed by atoms with E-state index in [4.69, 9.17) is 0 Å². The molecule has 0 aromatic heterocycles. The van der Waals surface area contributed by atoms with Crippen LogP contribution in [0.5, 0.6) is 5.75 Å². The number of nitrogens with zero attached hydrogens (tertiary/aromatic N) is 2. The summed E-state index contributed by atoms with van der Waals surface area (Å²) in [5, 5.41) is 9.97. The fourth-order valence-corrected chi connectivity index (χ4v) is 6.26. The molecule has 32 heavy (non-hydrogen) atoms. The topological polar surface area (TPSA) is 124 Å². The van der Waals surface area contributed by atoms with Gasteiger partial charge in [0.15, 0.2) is 0 Å². The summed E-state index contributed by atoms with van der Waals surface area (Å²) in [4.78, 5) is 13.3. The van der Waals surface area contributed by atoms with Crippen LogP contribution in [0.3, 0.4) is 0 Å². The Balaban J connectivity index is 1.66. The Morgan fingerprint density at radius 1 is 1.03 bits per heavy atom. The number of hydrogen-bond donors (Lipinski definition) is 2. The van der Waals surface area contributed by atoms with Gasteiger partial charge in [-0.05, 0) is 43.7 Å². The largest absolute Gasteiger partial charge is 0.507 e. The number of aromatic hydroxyl groups is 1. The second kappa shape index (κ2) is 9.14. The maximum absolute atomic E-state index is 13.8. The van der Waals surface area contributed by atoms with E-state index in [0.29, 0.717) is 5.56 Å². The van der Waals surface area contributed by atoms with E-state index in [1.807, 2.05) is 0 Å². The lowest BCUT2D eigenvalue weighted by Gasteiger charge is -2.35. The lowest BCUT2D eigenvalue weighted by Crippen LogP contribution is -2.55. The minimum Gasteiger partial charge on any atom is -0.507 e. The van der Waals surface area contributed by atoms with Crippen LogP contribution in [0.4, 0.5) is 4.39 Å². The highest BCUT2D eigenvalue weighted by molar-refractivity contribution is 7.89. The van der Waals surface area contributed by atoms with Gasteiger partial charge in [-0.3, -0.25) is 4.79 Å². The van der Waals surface area contributed by atoms with Crippen LogP contribution in [-0.4, -0.2) is 69.3 Å². The maximum atomic E-state index is 13.8. The number of phenolic OH excluding ortho intramolecular Hbond substituents is 1. The molecule has 3 rings (SSSR count). The van der Waals surface area contributed by atoms with Gasteiger partial charge in [-0.2, -0.15) is 9.03 Å². The van der Waals surface area contributed by atoms with E-state index in [1.54, 1.807) is 13.0 Å². The molecular weight excluding hydrogens is 461 g/mol. The van der Waals surface area contributed by atoms with Crippen molar-refractivity contribution < 1.29 is 31.1 Å². The van der Waals surface area contributed by atoms with Crippen LogP contribution in [0, 0.1) is 12.7 Å². The van der Waals surface area contributed by atoms with Crippen LogP contribution in [0.15, 0.2) is 52.3 Å². The normalized spacial score (nSPS) is 16.7. The molecule has 1 atom stereocenters. The monoisotopic (exact) mass is 485 g/mol. The van der Waals surface area contributed by atoms with Crippen LogP contribution in [0.25, 0.3) is 0 Å². The first-order valence-corrected chi connectivity index (χ1v) is 12.7. The number of hydrogen-bond acceptors (Lipinski definition) is 6. The fourth-order valence-electron chi connectivity index (χ4n) is 3.40. The van der Waals surface area contributed by atoms with Gasteiger partial charge in [-0.1, -0.05) is 18.2 Å².